The van der Waals surface area contributed by atoms with Crippen LogP contribution in [0, 0.1) is 15.4 Å². The van der Waals surface area contributed by atoms with E-state index < -0.39 is 5.60 Å². The number of rotatable bonds is 6. The van der Waals surface area contributed by atoms with Gasteiger partial charge in [-0.25, -0.2) is 0 Å². The highest BCUT2D eigenvalue weighted by Gasteiger charge is 2.35. The second-order valence-electron chi connectivity index (χ2n) is 8.06. The molecular formula is C18H28INO3. The van der Waals surface area contributed by atoms with Gasteiger partial charge in [0.05, 0.1) is 15.7 Å². The van der Waals surface area contributed by atoms with Crippen LogP contribution in [0.2, 0.25) is 0 Å². The van der Waals surface area contributed by atoms with Gasteiger partial charge < -0.3 is 9.26 Å². The summed E-state index contributed by atoms with van der Waals surface area (Å²) in [5.41, 5.74) is 0.454. The van der Waals surface area contributed by atoms with Crippen molar-refractivity contribution < 1.29 is 14.1 Å². The molecule has 0 N–H and O–H groups in total. The predicted molar refractivity (Wildman–Crippen MR) is 98.3 cm³/mol. The Morgan fingerprint density at radius 2 is 2.04 bits per heavy atom. The molecule has 4 nitrogen and oxygen atoms in total. The summed E-state index contributed by atoms with van der Waals surface area (Å²) in [6.45, 7) is 10.2. The highest BCUT2D eigenvalue weighted by molar-refractivity contribution is 14.1. The number of halogens is 1. The van der Waals surface area contributed by atoms with Crippen LogP contribution in [0.4, 0.5) is 0 Å². The Bertz CT molecular complexity index is 539. The summed E-state index contributed by atoms with van der Waals surface area (Å²) in [5, 5.41) is 4.18. The highest BCUT2D eigenvalue weighted by Crippen LogP contribution is 2.46. The van der Waals surface area contributed by atoms with Gasteiger partial charge in [0.1, 0.15) is 5.60 Å². The van der Waals surface area contributed by atoms with Crippen molar-refractivity contribution in [3.8, 4) is 0 Å². The Labute approximate surface area is 152 Å². The number of aromatic nitrogens is 1. The van der Waals surface area contributed by atoms with E-state index in [1.165, 1.54) is 19.3 Å². The van der Waals surface area contributed by atoms with Crippen molar-refractivity contribution in [2.45, 2.75) is 78.2 Å². The summed E-state index contributed by atoms with van der Waals surface area (Å²) in [4.78, 5) is 11.8. The molecule has 1 aliphatic carbocycles. The quantitative estimate of drug-likeness (QED) is 0.463. The van der Waals surface area contributed by atoms with Crippen LogP contribution in [-0.2, 0) is 16.0 Å². The first-order valence-electron chi connectivity index (χ1n) is 8.51. The minimum Gasteiger partial charge on any atom is -0.460 e. The first kappa shape index (κ1) is 18.7. The molecule has 1 aliphatic rings. The molecule has 1 aromatic rings. The lowest BCUT2D eigenvalue weighted by atomic mass is 9.70. The standard InChI is InChI=1S/C18H28INO3/c1-11(2)8-12-9-13(10-12)17-16(19)14(20-23-17)6-7-15(21)22-18(3,4)5/h11-13H,6-10H2,1-5H3. The van der Waals surface area contributed by atoms with Crippen molar-refractivity contribution in [1.29, 1.82) is 0 Å². The molecule has 0 aliphatic heterocycles. The maximum absolute atomic E-state index is 11.8. The van der Waals surface area contributed by atoms with Gasteiger partial charge in [0.15, 0.2) is 5.76 Å². The Hall–Kier alpha value is -0.590. The molecule has 0 atom stereocenters. The topological polar surface area (TPSA) is 52.3 Å². The molecule has 1 saturated carbocycles. The average molecular weight is 433 g/mol. The molecule has 0 amide bonds. The molecule has 0 spiro atoms. The number of hydrogen-bond acceptors (Lipinski definition) is 4. The van der Waals surface area contributed by atoms with E-state index in [0.29, 0.717) is 18.8 Å². The Kier molecular flexibility index (Phi) is 6.14. The zero-order valence-corrected chi connectivity index (χ0v) is 17.0. The normalized spacial score (nSPS) is 21.3. The van der Waals surface area contributed by atoms with Crippen molar-refractivity contribution in [1.82, 2.24) is 5.16 Å². The summed E-state index contributed by atoms with van der Waals surface area (Å²) in [6.07, 6.45) is 4.63. The molecule has 0 unspecified atom stereocenters. The maximum atomic E-state index is 11.8. The molecule has 0 bridgehead atoms. The summed E-state index contributed by atoms with van der Waals surface area (Å²) in [5.74, 6) is 2.93. The van der Waals surface area contributed by atoms with Gasteiger partial charge in [-0.05, 0) is 74.5 Å². The maximum Gasteiger partial charge on any atom is 0.306 e. The minimum absolute atomic E-state index is 0.182. The van der Waals surface area contributed by atoms with E-state index in [9.17, 15) is 4.79 Å². The molecule has 1 aromatic heterocycles. The van der Waals surface area contributed by atoms with Crippen LogP contribution in [-0.4, -0.2) is 16.7 Å². The van der Waals surface area contributed by atoms with Crippen molar-refractivity contribution in [3.05, 3.63) is 15.0 Å². The van der Waals surface area contributed by atoms with Gasteiger partial charge >= 0.3 is 5.97 Å². The number of carbonyl (C=O) groups is 1. The molecule has 1 fully saturated rings. The van der Waals surface area contributed by atoms with Gasteiger partial charge in [-0.3, -0.25) is 4.79 Å². The van der Waals surface area contributed by atoms with Gasteiger partial charge in [0.2, 0.25) is 0 Å². The molecule has 0 aromatic carbocycles. The Balaban J connectivity index is 1.85. The number of nitrogens with zero attached hydrogens (tertiary/aromatic N) is 1. The molecule has 130 valence electrons. The van der Waals surface area contributed by atoms with Gasteiger partial charge in [0, 0.05) is 12.3 Å². The number of hydrogen-bond donors (Lipinski definition) is 0. The van der Waals surface area contributed by atoms with E-state index in [4.69, 9.17) is 9.26 Å². The third-order valence-corrected chi connectivity index (χ3v) is 5.28. The summed E-state index contributed by atoms with van der Waals surface area (Å²) in [6, 6.07) is 0. The predicted octanol–water partition coefficient (Wildman–Crippen LogP) is 5.09. The van der Waals surface area contributed by atoms with Crippen molar-refractivity contribution in [3.63, 3.8) is 0 Å². The van der Waals surface area contributed by atoms with Crippen LogP contribution < -0.4 is 0 Å². The van der Waals surface area contributed by atoms with Crippen LogP contribution in [0.3, 0.4) is 0 Å². The monoisotopic (exact) mass is 433 g/mol. The number of carbonyl (C=O) groups excluding carboxylic acids is 1. The fourth-order valence-corrected chi connectivity index (χ4v) is 4.06. The van der Waals surface area contributed by atoms with Crippen molar-refractivity contribution in [2.24, 2.45) is 11.8 Å². The van der Waals surface area contributed by atoms with Crippen LogP contribution in [0.25, 0.3) is 0 Å². The molecule has 0 radical (unpaired) electrons. The van der Waals surface area contributed by atoms with Gasteiger partial charge in [0.25, 0.3) is 0 Å². The smallest absolute Gasteiger partial charge is 0.306 e. The summed E-state index contributed by atoms with van der Waals surface area (Å²) in [7, 11) is 0. The molecular weight excluding hydrogens is 405 g/mol. The SMILES string of the molecule is CC(C)CC1CC(c2onc(CCC(=O)OC(C)(C)C)c2I)C1. The second-order valence-corrected chi connectivity index (χ2v) is 9.14. The fourth-order valence-electron chi connectivity index (χ4n) is 3.16. The third-order valence-electron chi connectivity index (χ3n) is 4.12. The largest absolute Gasteiger partial charge is 0.460 e. The van der Waals surface area contributed by atoms with E-state index >= 15 is 0 Å². The average Bonchev–Trinajstić information content (AvgIpc) is 2.70. The Morgan fingerprint density at radius 1 is 1.39 bits per heavy atom. The number of esters is 1. The molecule has 23 heavy (non-hydrogen) atoms. The first-order chi connectivity index (χ1) is 10.7. The highest BCUT2D eigenvalue weighted by atomic mass is 127. The molecule has 5 heteroatoms. The lowest BCUT2D eigenvalue weighted by Crippen LogP contribution is -2.24. The summed E-state index contributed by atoms with van der Waals surface area (Å²) < 4.78 is 12.0. The lowest BCUT2D eigenvalue weighted by molar-refractivity contribution is -0.154. The number of ether oxygens (including phenoxy) is 1. The van der Waals surface area contributed by atoms with E-state index in [2.05, 4.69) is 41.6 Å². The van der Waals surface area contributed by atoms with Crippen LogP contribution in [0.5, 0.6) is 0 Å². The molecule has 1 heterocycles. The number of aryl methyl sites for hydroxylation is 1. The van der Waals surface area contributed by atoms with E-state index in [1.807, 2.05) is 20.8 Å². The Morgan fingerprint density at radius 3 is 2.61 bits per heavy atom. The van der Waals surface area contributed by atoms with Crippen LogP contribution in [0.1, 0.15) is 77.7 Å². The van der Waals surface area contributed by atoms with Gasteiger partial charge in [-0.15, -0.1) is 0 Å². The third kappa shape index (κ3) is 5.47. The van der Waals surface area contributed by atoms with E-state index in [1.54, 1.807) is 0 Å². The summed E-state index contributed by atoms with van der Waals surface area (Å²) >= 11 is 2.31. The van der Waals surface area contributed by atoms with Crippen LogP contribution >= 0.6 is 22.6 Å². The van der Waals surface area contributed by atoms with Crippen LogP contribution in [0.15, 0.2) is 4.52 Å². The molecule has 0 saturated heterocycles. The minimum atomic E-state index is -0.434. The van der Waals surface area contributed by atoms with Crippen molar-refractivity contribution >= 4 is 28.6 Å². The zero-order chi connectivity index (χ0) is 17.2. The first-order valence-corrected chi connectivity index (χ1v) is 9.59. The van der Waals surface area contributed by atoms with Gasteiger partial charge in [-0.2, -0.15) is 0 Å². The second kappa shape index (κ2) is 7.53. The lowest BCUT2D eigenvalue weighted by Gasteiger charge is -2.34. The zero-order valence-electron chi connectivity index (χ0n) is 14.8. The van der Waals surface area contributed by atoms with Crippen molar-refractivity contribution in [2.75, 3.05) is 0 Å². The van der Waals surface area contributed by atoms with E-state index in [-0.39, 0.29) is 5.97 Å². The van der Waals surface area contributed by atoms with E-state index in [0.717, 1.165) is 26.9 Å². The molecule has 2 rings (SSSR count). The van der Waals surface area contributed by atoms with Gasteiger partial charge in [-0.1, -0.05) is 19.0 Å². The fraction of sp³-hybridized carbons (Fsp3) is 0.778.